The van der Waals surface area contributed by atoms with E-state index < -0.39 is 0 Å². The third-order valence-electron chi connectivity index (χ3n) is 3.33. The van der Waals surface area contributed by atoms with Gasteiger partial charge in [0.2, 0.25) is 5.95 Å². The molecule has 3 rings (SSSR count). The van der Waals surface area contributed by atoms with E-state index in [2.05, 4.69) is 20.9 Å². The number of methoxy groups -OCH3 is 1. The molecular formula is C12H16N4OS. The molecule has 0 aromatic carbocycles. The summed E-state index contributed by atoms with van der Waals surface area (Å²) in [6.07, 6.45) is 2.51. The summed E-state index contributed by atoms with van der Waals surface area (Å²) in [7, 11) is 1.77. The fourth-order valence-electron chi connectivity index (χ4n) is 2.42. The van der Waals surface area contributed by atoms with Crippen LogP contribution < -0.4 is 10.6 Å². The lowest BCUT2D eigenvalue weighted by molar-refractivity contribution is 0.0892. The Bertz CT molecular complexity index is 556. The van der Waals surface area contributed by atoms with Crippen LogP contribution in [0.25, 0.3) is 10.2 Å². The molecule has 0 amide bonds. The molecule has 5 nitrogen and oxygen atoms in total. The Hall–Kier alpha value is -1.40. The van der Waals surface area contributed by atoms with Crippen LogP contribution in [0.15, 0.2) is 11.4 Å². The van der Waals surface area contributed by atoms with E-state index in [1.165, 1.54) is 0 Å². The number of nitrogens with two attached hydrogens (primary N) is 1. The maximum Gasteiger partial charge on any atom is 0.223 e. The van der Waals surface area contributed by atoms with Crippen molar-refractivity contribution in [3.8, 4) is 0 Å². The number of hydrogen-bond acceptors (Lipinski definition) is 6. The standard InChI is InChI=1S/C12H16N4OS/c1-17-8-3-2-5-16(7-8)10-9-4-6-18-11(9)15-12(13)14-10/h4,6,8H,2-3,5,7H2,1H3,(H2,13,14,15). The number of nitrogen functional groups attached to an aromatic ring is 1. The minimum atomic E-state index is 0.281. The summed E-state index contributed by atoms with van der Waals surface area (Å²) in [6, 6.07) is 2.06. The lowest BCUT2D eigenvalue weighted by Gasteiger charge is -2.33. The van der Waals surface area contributed by atoms with Crippen molar-refractivity contribution in [1.29, 1.82) is 0 Å². The summed E-state index contributed by atoms with van der Waals surface area (Å²) >= 11 is 1.60. The van der Waals surface area contributed by atoms with Gasteiger partial charge in [-0.3, -0.25) is 0 Å². The van der Waals surface area contributed by atoms with Gasteiger partial charge in [0.05, 0.1) is 11.5 Å². The van der Waals surface area contributed by atoms with Crippen LogP contribution in [0.3, 0.4) is 0 Å². The first-order valence-electron chi connectivity index (χ1n) is 6.06. The van der Waals surface area contributed by atoms with Crippen LogP contribution in [0.1, 0.15) is 12.8 Å². The van der Waals surface area contributed by atoms with Gasteiger partial charge in [0.1, 0.15) is 10.6 Å². The van der Waals surface area contributed by atoms with Crippen molar-refractivity contribution < 1.29 is 4.74 Å². The van der Waals surface area contributed by atoms with Crippen molar-refractivity contribution in [2.75, 3.05) is 30.8 Å². The van der Waals surface area contributed by atoms with Gasteiger partial charge in [-0.25, -0.2) is 4.98 Å². The van der Waals surface area contributed by atoms with Gasteiger partial charge in [-0.15, -0.1) is 11.3 Å². The van der Waals surface area contributed by atoms with Crippen LogP contribution in [0.2, 0.25) is 0 Å². The Morgan fingerprint density at radius 1 is 1.50 bits per heavy atom. The van der Waals surface area contributed by atoms with Crippen LogP contribution >= 0.6 is 11.3 Å². The van der Waals surface area contributed by atoms with Gasteiger partial charge in [0.15, 0.2) is 0 Å². The summed E-state index contributed by atoms with van der Waals surface area (Å²) in [6.45, 7) is 1.87. The molecule has 0 radical (unpaired) electrons. The molecule has 18 heavy (non-hydrogen) atoms. The highest BCUT2D eigenvalue weighted by atomic mass is 32.1. The van der Waals surface area contributed by atoms with E-state index >= 15 is 0 Å². The normalized spacial score (nSPS) is 20.5. The highest BCUT2D eigenvalue weighted by Gasteiger charge is 2.22. The van der Waals surface area contributed by atoms with Crippen molar-refractivity contribution in [2.24, 2.45) is 0 Å². The molecule has 2 aromatic rings. The van der Waals surface area contributed by atoms with Crippen molar-refractivity contribution in [1.82, 2.24) is 9.97 Å². The van der Waals surface area contributed by atoms with Crippen molar-refractivity contribution >= 4 is 33.3 Å². The zero-order valence-corrected chi connectivity index (χ0v) is 11.1. The molecule has 1 aliphatic heterocycles. The van der Waals surface area contributed by atoms with E-state index in [-0.39, 0.29) is 6.10 Å². The Morgan fingerprint density at radius 3 is 3.22 bits per heavy atom. The average molecular weight is 264 g/mol. The molecule has 1 saturated heterocycles. The lowest BCUT2D eigenvalue weighted by atomic mass is 10.1. The molecule has 2 aromatic heterocycles. The zero-order chi connectivity index (χ0) is 12.5. The molecule has 0 aliphatic carbocycles. The summed E-state index contributed by atoms with van der Waals surface area (Å²) < 4.78 is 5.45. The first kappa shape index (κ1) is 11.7. The van der Waals surface area contributed by atoms with Crippen LogP contribution in [0, 0.1) is 0 Å². The van der Waals surface area contributed by atoms with Crippen molar-refractivity contribution in [3.05, 3.63) is 11.4 Å². The Labute approximate surface area is 110 Å². The molecule has 0 saturated carbocycles. The smallest absolute Gasteiger partial charge is 0.223 e. The predicted molar refractivity (Wildman–Crippen MR) is 74.1 cm³/mol. The molecule has 0 spiro atoms. The first-order valence-corrected chi connectivity index (χ1v) is 6.94. The number of fused-ring (bicyclic) bond motifs is 1. The van der Waals surface area contributed by atoms with Crippen LogP contribution in [-0.4, -0.2) is 36.3 Å². The van der Waals surface area contributed by atoms with Crippen LogP contribution in [0.5, 0.6) is 0 Å². The molecular weight excluding hydrogens is 248 g/mol. The highest BCUT2D eigenvalue weighted by molar-refractivity contribution is 7.16. The number of thiophene rings is 1. The second-order valence-electron chi connectivity index (χ2n) is 4.49. The molecule has 1 aliphatic rings. The summed E-state index contributed by atoms with van der Waals surface area (Å²) in [5.74, 6) is 1.29. The minimum Gasteiger partial charge on any atom is -0.380 e. The molecule has 1 unspecified atom stereocenters. The third-order valence-corrected chi connectivity index (χ3v) is 4.14. The van der Waals surface area contributed by atoms with Gasteiger partial charge in [-0.1, -0.05) is 0 Å². The zero-order valence-electron chi connectivity index (χ0n) is 10.3. The van der Waals surface area contributed by atoms with Crippen molar-refractivity contribution in [2.45, 2.75) is 18.9 Å². The van der Waals surface area contributed by atoms with E-state index in [4.69, 9.17) is 10.5 Å². The van der Waals surface area contributed by atoms with Crippen molar-refractivity contribution in [3.63, 3.8) is 0 Å². The SMILES string of the molecule is COC1CCCN(c2nc(N)nc3sccc23)C1. The van der Waals surface area contributed by atoms with Crippen LogP contribution in [-0.2, 0) is 4.74 Å². The number of ether oxygens (including phenoxy) is 1. The topological polar surface area (TPSA) is 64.3 Å². The van der Waals surface area contributed by atoms with E-state index in [0.717, 1.165) is 42.0 Å². The molecule has 2 N–H and O–H groups in total. The Kier molecular flexibility index (Phi) is 3.05. The number of piperidine rings is 1. The van der Waals surface area contributed by atoms with E-state index in [0.29, 0.717) is 5.95 Å². The summed E-state index contributed by atoms with van der Waals surface area (Å²) in [5.41, 5.74) is 5.78. The quantitative estimate of drug-likeness (QED) is 0.897. The lowest BCUT2D eigenvalue weighted by Crippen LogP contribution is -2.39. The minimum absolute atomic E-state index is 0.281. The fraction of sp³-hybridized carbons (Fsp3) is 0.500. The van der Waals surface area contributed by atoms with Gasteiger partial charge >= 0.3 is 0 Å². The van der Waals surface area contributed by atoms with Gasteiger partial charge in [0.25, 0.3) is 0 Å². The second-order valence-corrected chi connectivity index (χ2v) is 5.39. The maximum atomic E-state index is 5.78. The number of nitrogens with zero attached hydrogens (tertiary/aromatic N) is 3. The maximum absolute atomic E-state index is 5.78. The second kappa shape index (κ2) is 4.70. The predicted octanol–water partition coefficient (Wildman–Crippen LogP) is 1.89. The van der Waals surface area contributed by atoms with Crippen LogP contribution in [0.4, 0.5) is 11.8 Å². The summed E-state index contributed by atoms with van der Waals surface area (Å²) in [4.78, 5) is 11.9. The number of aromatic nitrogens is 2. The van der Waals surface area contributed by atoms with E-state index in [1.54, 1.807) is 18.4 Å². The highest BCUT2D eigenvalue weighted by Crippen LogP contribution is 2.30. The first-order chi connectivity index (χ1) is 8.78. The molecule has 0 bridgehead atoms. The van der Waals surface area contributed by atoms with E-state index in [1.807, 2.05) is 5.38 Å². The Balaban J connectivity index is 2.00. The Morgan fingerprint density at radius 2 is 2.39 bits per heavy atom. The van der Waals surface area contributed by atoms with Gasteiger partial charge in [-0.05, 0) is 24.3 Å². The van der Waals surface area contributed by atoms with Gasteiger partial charge in [-0.2, -0.15) is 4.98 Å². The molecule has 96 valence electrons. The molecule has 6 heteroatoms. The molecule has 1 atom stereocenters. The largest absolute Gasteiger partial charge is 0.380 e. The molecule has 3 heterocycles. The van der Waals surface area contributed by atoms with Gasteiger partial charge < -0.3 is 15.4 Å². The van der Waals surface area contributed by atoms with Gasteiger partial charge in [0, 0.05) is 20.2 Å². The monoisotopic (exact) mass is 264 g/mol. The molecule has 1 fully saturated rings. The number of anilines is 2. The third kappa shape index (κ3) is 2.02. The summed E-state index contributed by atoms with van der Waals surface area (Å²) in [5, 5.41) is 3.12. The fourth-order valence-corrected chi connectivity index (χ4v) is 3.19. The van der Waals surface area contributed by atoms with E-state index in [9.17, 15) is 0 Å². The average Bonchev–Trinajstić information content (AvgIpc) is 2.85. The number of rotatable bonds is 2. The number of hydrogen-bond donors (Lipinski definition) is 1.